The number of anilines is 1. The Morgan fingerprint density at radius 3 is 2.32 bits per heavy atom. The minimum Gasteiger partial charge on any atom is -0.369 e. The Hall–Kier alpha value is -1.62. The molecule has 3 N–H and O–H groups in total. The van der Waals surface area contributed by atoms with Crippen LogP contribution in [0.1, 0.15) is 25.7 Å². The lowest BCUT2D eigenvalue weighted by Gasteiger charge is -2.37. The minimum atomic E-state index is -0.197. The van der Waals surface area contributed by atoms with Crippen molar-refractivity contribution in [1.29, 1.82) is 0 Å². The highest BCUT2D eigenvalue weighted by atomic mass is 127. The van der Waals surface area contributed by atoms with Crippen LogP contribution in [0.3, 0.4) is 0 Å². The molecule has 2 aliphatic rings. The molecule has 2 saturated heterocycles. The van der Waals surface area contributed by atoms with Gasteiger partial charge in [-0.1, -0.05) is 0 Å². The van der Waals surface area contributed by atoms with Gasteiger partial charge in [-0.15, -0.1) is 24.0 Å². The number of carbonyl (C=O) groups is 1. The van der Waals surface area contributed by atoms with E-state index >= 15 is 0 Å². The van der Waals surface area contributed by atoms with Crippen LogP contribution >= 0.6 is 24.0 Å². The Kier molecular flexibility index (Phi) is 10.8. The minimum absolute atomic E-state index is 0. The maximum absolute atomic E-state index is 13.1. The van der Waals surface area contributed by atoms with Gasteiger partial charge in [0.1, 0.15) is 5.82 Å². The molecule has 1 aromatic rings. The number of hydrogen-bond donors (Lipinski definition) is 2. The van der Waals surface area contributed by atoms with Gasteiger partial charge in [0.05, 0.1) is 0 Å². The smallest absolute Gasteiger partial charge is 0.220 e. The summed E-state index contributed by atoms with van der Waals surface area (Å²) >= 11 is 0. The average molecular weight is 546 g/mol. The van der Waals surface area contributed by atoms with Crippen molar-refractivity contribution in [2.45, 2.75) is 25.7 Å². The van der Waals surface area contributed by atoms with Crippen molar-refractivity contribution in [3.8, 4) is 0 Å². The monoisotopic (exact) mass is 546 g/mol. The number of nitrogens with zero attached hydrogens (tertiary/aromatic N) is 4. The molecule has 9 heteroatoms. The number of guanidine groups is 1. The number of halogens is 2. The Bertz CT molecular complexity index is 700. The molecule has 1 aromatic carbocycles. The van der Waals surface area contributed by atoms with Gasteiger partial charge in [-0.2, -0.15) is 0 Å². The zero-order valence-electron chi connectivity index (χ0n) is 18.4. The van der Waals surface area contributed by atoms with Crippen LogP contribution in [0.2, 0.25) is 0 Å². The average Bonchev–Trinajstić information content (AvgIpc) is 2.77. The summed E-state index contributed by atoms with van der Waals surface area (Å²) < 4.78 is 13.1. The van der Waals surface area contributed by atoms with Crippen LogP contribution in [0, 0.1) is 11.7 Å². The second kappa shape index (κ2) is 13.0. The molecule has 2 heterocycles. The van der Waals surface area contributed by atoms with Crippen LogP contribution in [0.4, 0.5) is 10.1 Å². The molecule has 0 spiro atoms. The molecule has 0 aliphatic carbocycles. The van der Waals surface area contributed by atoms with Gasteiger partial charge >= 0.3 is 0 Å². The number of rotatable bonds is 7. The van der Waals surface area contributed by atoms with Crippen LogP contribution in [-0.4, -0.2) is 81.1 Å². The van der Waals surface area contributed by atoms with E-state index in [0.29, 0.717) is 0 Å². The number of primary amides is 1. The number of amides is 1. The molecule has 0 saturated carbocycles. The van der Waals surface area contributed by atoms with Crippen LogP contribution < -0.4 is 16.0 Å². The maximum Gasteiger partial charge on any atom is 0.220 e. The summed E-state index contributed by atoms with van der Waals surface area (Å²) in [5.74, 6) is 0.673. The highest BCUT2D eigenvalue weighted by Gasteiger charge is 2.23. The van der Waals surface area contributed by atoms with Crippen molar-refractivity contribution < 1.29 is 9.18 Å². The molecule has 31 heavy (non-hydrogen) atoms. The Morgan fingerprint density at radius 2 is 1.74 bits per heavy atom. The summed E-state index contributed by atoms with van der Waals surface area (Å²) in [6.45, 7) is 7.51. The Balaban J connectivity index is 0.00000341. The Labute approximate surface area is 202 Å². The molecule has 0 aromatic heterocycles. The number of hydrogen-bond acceptors (Lipinski definition) is 4. The number of piperidine rings is 1. The second-order valence-electron chi connectivity index (χ2n) is 8.15. The van der Waals surface area contributed by atoms with Crippen molar-refractivity contribution in [2.75, 3.05) is 64.3 Å². The van der Waals surface area contributed by atoms with Crippen molar-refractivity contribution in [1.82, 2.24) is 15.1 Å². The van der Waals surface area contributed by atoms with Crippen molar-refractivity contribution in [3.05, 3.63) is 30.1 Å². The predicted octanol–water partition coefficient (Wildman–Crippen LogP) is 2.12. The van der Waals surface area contributed by atoms with Gasteiger partial charge in [-0.05, 0) is 69.6 Å². The van der Waals surface area contributed by atoms with E-state index in [1.807, 2.05) is 19.2 Å². The van der Waals surface area contributed by atoms with E-state index in [1.165, 1.54) is 12.1 Å². The fourth-order valence-electron chi connectivity index (χ4n) is 4.26. The third kappa shape index (κ3) is 7.78. The molecule has 0 bridgehead atoms. The van der Waals surface area contributed by atoms with Gasteiger partial charge in [0.25, 0.3) is 0 Å². The highest BCUT2D eigenvalue weighted by molar-refractivity contribution is 14.0. The first-order valence-electron chi connectivity index (χ1n) is 11.0. The first-order valence-corrected chi connectivity index (χ1v) is 11.0. The van der Waals surface area contributed by atoms with Crippen LogP contribution in [0.15, 0.2) is 29.3 Å². The van der Waals surface area contributed by atoms with E-state index in [9.17, 15) is 9.18 Å². The van der Waals surface area contributed by atoms with Gasteiger partial charge in [-0.25, -0.2) is 4.39 Å². The molecule has 0 radical (unpaired) electrons. The van der Waals surface area contributed by atoms with Gasteiger partial charge in [0.15, 0.2) is 5.96 Å². The van der Waals surface area contributed by atoms with E-state index in [2.05, 4.69) is 25.0 Å². The van der Waals surface area contributed by atoms with E-state index in [0.717, 1.165) is 89.7 Å². The van der Waals surface area contributed by atoms with E-state index < -0.39 is 0 Å². The zero-order chi connectivity index (χ0) is 21.3. The van der Waals surface area contributed by atoms with Crippen molar-refractivity contribution in [2.24, 2.45) is 16.6 Å². The number of carbonyl (C=O) groups excluding carboxylic acids is 1. The summed E-state index contributed by atoms with van der Waals surface area (Å²) in [5.41, 5.74) is 6.47. The largest absolute Gasteiger partial charge is 0.369 e. The fraction of sp³-hybridized carbons (Fsp3) is 0.636. The number of unbranched alkanes of at least 4 members (excludes halogenated alkanes) is 1. The fourth-order valence-corrected chi connectivity index (χ4v) is 4.26. The summed E-state index contributed by atoms with van der Waals surface area (Å²) in [6, 6.07) is 6.72. The van der Waals surface area contributed by atoms with Crippen LogP contribution in [-0.2, 0) is 4.79 Å². The SMILES string of the molecule is CN=C(NCCCCN1CCC(C(N)=O)CC1)N1CCN(c2ccc(F)cc2)CC1.I. The van der Waals surface area contributed by atoms with Crippen LogP contribution in [0.25, 0.3) is 0 Å². The summed E-state index contributed by atoms with van der Waals surface area (Å²) in [7, 11) is 1.83. The van der Waals surface area contributed by atoms with Gasteiger partial charge in [0.2, 0.25) is 5.91 Å². The summed E-state index contributed by atoms with van der Waals surface area (Å²) in [4.78, 5) is 22.7. The van der Waals surface area contributed by atoms with Gasteiger partial charge < -0.3 is 25.8 Å². The lowest BCUT2D eigenvalue weighted by molar-refractivity contribution is -0.123. The number of nitrogens with two attached hydrogens (primary N) is 1. The van der Waals surface area contributed by atoms with Gasteiger partial charge in [0, 0.05) is 51.4 Å². The molecule has 0 unspecified atom stereocenters. The molecular weight excluding hydrogens is 510 g/mol. The number of benzene rings is 1. The van der Waals surface area contributed by atoms with Crippen molar-refractivity contribution in [3.63, 3.8) is 0 Å². The molecule has 7 nitrogen and oxygen atoms in total. The predicted molar refractivity (Wildman–Crippen MR) is 135 cm³/mol. The molecule has 2 fully saturated rings. The normalized spacial score (nSPS) is 18.6. The summed E-state index contributed by atoms with van der Waals surface area (Å²) in [6.07, 6.45) is 4.00. The highest BCUT2D eigenvalue weighted by Crippen LogP contribution is 2.18. The van der Waals surface area contributed by atoms with E-state index in [4.69, 9.17) is 5.73 Å². The summed E-state index contributed by atoms with van der Waals surface area (Å²) in [5, 5.41) is 3.49. The first kappa shape index (κ1) is 25.6. The number of nitrogens with one attached hydrogen (secondary N) is 1. The third-order valence-corrected chi connectivity index (χ3v) is 6.16. The Morgan fingerprint density at radius 1 is 1.10 bits per heavy atom. The molecular formula is C22H36FIN6O. The molecule has 2 aliphatic heterocycles. The first-order chi connectivity index (χ1) is 14.6. The zero-order valence-corrected chi connectivity index (χ0v) is 20.8. The lowest BCUT2D eigenvalue weighted by Crippen LogP contribution is -2.52. The second-order valence-corrected chi connectivity index (χ2v) is 8.15. The maximum atomic E-state index is 13.1. The molecule has 3 rings (SSSR count). The van der Waals surface area contributed by atoms with Crippen LogP contribution in [0.5, 0.6) is 0 Å². The third-order valence-electron chi connectivity index (χ3n) is 6.16. The van der Waals surface area contributed by atoms with Crippen molar-refractivity contribution >= 4 is 41.5 Å². The topological polar surface area (TPSA) is 77.2 Å². The van der Waals surface area contributed by atoms with E-state index in [-0.39, 0.29) is 41.6 Å². The standard InChI is InChI=1S/C22H35FN6O.HI/c1-25-22(26-10-2-3-11-27-12-8-18(9-13-27)21(24)30)29-16-14-28(15-17-29)20-6-4-19(23)5-7-20;/h4-7,18H,2-3,8-17H2,1H3,(H2,24,30)(H,25,26);1H. The van der Waals surface area contributed by atoms with Gasteiger partial charge in [-0.3, -0.25) is 9.79 Å². The molecule has 174 valence electrons. The van der Waals surface area contributed by atoms with E-state index in [1.54, 1.807) is 0 Å². The number of likely N-dealkylation sites (tertiary alicyclic amines) is 1. The lowest BCUT2D eigenvalue weighted by atomic mass is 9.96. The number of piperazine rings is 1. The quantitative estimate of drug-likeness (QED) is 0.237. The number of aliphatic imine (C=N–C) groups is 1. The molecule has 1 amide bonds. The molecule has 0 atom stereocenters.